The van der Waals surface area contributed by atoms with Crippen molar-refractivity contribution in [3.63, 3.8) is 0 Å². The van der Waals surface area contributed by atoms with Crippen LogP contribution in [0, 0.1) is 0 Å². The molecule has 0 bridgehead atoms. The van der Waals surface area contributed by atoms with E-state index < -0.39 is 0 Å². The van der Waals surface area contributed by atoms with E-state index in [4.69, 9.17) is 0 Å². The van der Waals surface area contributed by atoms with Gasteiger partial charge < -0.3 is 15.3 Å². The van der Waals surface area contributed by atoms with E-state index in [0.717, 1.165) is 18.1 Å². The highest BCUT2D eigenvalue weighted by Crippen LogP contribution is 2.05. The molecular weight excluding hydrogens is 178 g/mol. The van der Waals surface area contributed by atoms with Gasteiger partial charge in [0.25, 0.3) is 0 Å². The molecule has 0 amide bonds. The quantitative estimate of drug-likeness (QED) is 0.674. The fourth-order valence-electron chi connectivity index (χ4n) is 1.26. The Bertz CT molecular complexity index is 350. The van der Waals surface area contributed by atoms with Gasteiger partial charge in [-0.05, 0) is 6.92 Å². The summed E-state index contributed by atoms with van der Waals surface area (Å²) in [6.45, 7) is 2.83. The molecule has 2 rings (SSSR count). The van der Waals surface area contributed by atoms with E-state index in [2.05, 4.69) is 32.2 Å². The maximum atomic E-state index is 4.17. The van der Waals surface area contributed by atoms with Crippen molar-refractivity contribution < 1.29 is 0 Å². The molecule has 2 aromatic rings. The molecule has 2 aromatic heterocycles. The molecule has 14 heavy (non-hydrogen) atoms. The third-order valence-electron chi connectivity index (χ3n) is 2.08. The van der Waals surface area contributed by atoms with Crippen LogP contribution >= 0.6 is 0 Å². The molecule has 3 N–H and O–H groups in total. The zero-order chi connectivity index (χ0) is 9.80. The van der Waals surface area contributed by atoms with E-state index in [1.54, 1.807) is 12.5 Å². The van der Waals surface area contributed by atoms with Crippen LogP contribution in [0.1, 0.15) is 24.5 Å². The highest BCUT2D eigenvalue weighted by Gasteiger charge is 2.06. The van der Waals surface area contributed by atoms with Gasteiger partial charge in [0.1, 0.15) is 5.82 Å². The molecule has 2 heterocycles. The van der Waals surface area contributed by atoms with Crippen molar-refractivity contribution in [2.75, 3.05) is 0 Å². The van der Waals surface area contributed by atoms with Crippen LogP contribution < -0.4 is 5.32 Å². The minimum Gasteiger partial charge on any atom is -0.347 e. The predicted molar refractivity (Wildman–Crippen MR) is 52.4 cm³/mol. The lowest BCUT2D eigenvalue weighted by atomic mass is 10.3. The topological polar surface area (TPSA) is 69.4 Å². The lowest BCUT2D eigenvalue weighted by Crippen LogP contribution is -2.19. The van der Waals surface area contributed by atoms with E-state index in [9.17, 15) is 0 Å². The van der Waals surface area contributed by atoms with Gasteiger partial charge in [-0.3, -0.25) is 0 Å². The summed E-state index contributed by atoms with van der Waals surface area (Å²) in [6, 6.07) is 0.216. The molecule has 0 saturated carbocycles. The third kappa shape index (κ3) is 2.00. The van der Waals surface area contributed by atoms with Crippen molar-refractivity contribution in [1.29, 1.82) is 0 Å². The van der Waals surface area contributed by atoms with Crippen LogP contribution in [0.15, 0.2) is 24.9 Å². The summed E-state index contributed by atoms with van der Waals surface area (Å²) in [6.07, 6.45) is 7.06. The van der Waals surface area contributed by atoms with Gasteiger partial charge in [-0.25, -0.2) is 9.97 Å². The number of H-pyrrole nitrogens is 2. The van der Waals surface area contributed by atoms with Crippen molar-refractivity contribution in [2.45, 2.75) is 19.5 Å². The Labute approximate surface area is 82.0 Å². The Kier molecular flexibility index (Phi) is 2.60. The molecule has 0 aliphatic carbocycles. The Hall–Kier alpha value is -1.62. The number of hydrogen-bond acceptors (Lipinski definition) is 3. The summed E-state index contributed by atoms with van der Waals surface area (Å²) in [5.41, 5.74) is 1.07. The van der Waals surface area contributed by atoms with Crippen molar-refractivity contribution in [2.24, 2.45) is 0 Å². The van der Waals surface area contributed by atoms with E-state index in [1.807, 2.05) is 12.4 Å². The maximum Gasteiger partial charge on any atom is 0.122 e. The van der Waals surface area contributed by atoms with Crippen LogP contribution in [0.4, 0.5) is 0 Å². The van der Waals surface area contributed by atoms with Gasteiger partial charge in [0, 0.05) is 30.8 Å². The minimum atomic E-state index is 0.216. The fourth-order valence-corrected chi connectivity index (χ4v) is 1.26. The molecule has 1 atom stereocenters. The van der Waals surface area contributed by atoms with Crippen LogP contribution in [-0.2, 0) is 6.54 Å². The molecule has 0 spiro atoms. The highest BCUT2D eigenvalue weighted by molar-refractivity contribution is 4.97. The van der Waals surface area contributed by atoms with Gasteiger partial charge in [-0.15, -0.1) is 0 Å². The zero-order valence-corrected chi connectivity index (χ0v) is 7.99. The number of nitrogens with one attached hydrogen (secondary N) is 3. The standard InChI is InChI=1S/C9H13N5/c1-7(9-11-2-3-12-9)13-5-8-4-10-6-14-8/h2-4,6-7,13H,5H2,1H3,(H,10,14)(H,11,12). The molecule has 0 aliphatic rings. The van der Waals surface area contributed by atoms with Gasteiger partial charge in [0.2, 0.25) is 0 Å². The molecule has 0 aromatic carbocycles. The second-order valence-electron chi connectivity index (χ2n) is 3.15. The van der Waals surface area contributed by atoms with Crippen LogP contribution in [-0.4, -0.2) is 19.9 Å². The van der Waals surface area contributed by atoms with Gasteiger partial charge in [-0.2, -0.15) is 0 Å². The first-order valence-electron chi connectivity index (χ1n) is 4.56. The summed E-state index contributed by atoms with van der Waals surface area (Å²) in [4.78, 5) is 14.2. The summed E-state index contributed by atoms with van der Waals surface area (Å²) >= 11 is 0. The Morgan fingerprint density at radius 3 is 3.07 bits per heavy atom. The highest BCUT2D eigenvalue weighted by atomic mass is 15.0. The molecular formula is C9H13N5. The van der Waals surface area contributed by atoms with Crippen LogP contribution in [0.25, 0.3) is 0 Å². The first-order chi connectivity index (χ1) is 6.86. The first kappa shape index (κ1) is 8.96. The van der Waals surface area contributed by atoms with Gasteiger partial charge in [0.05, 0.1) is 12.4 Å². The Morgan fingerprint density at radius 2 is 2.43 bits per heavy atom. The van der Waals surface area contributed by atoms with Crippen molar-refractivity contribution >= 4 is 0 Å². The normalized spacial score (nSPS) is 12.9. The van der Waals surface area contributed by atoms with E-state index in [1.165, 1.54) is 0 Å². The lowest BCUT2D eigenvalue weighted by Gasteiger charge is -2.09. The summed E-state index contributed by atoms with van der Waals surface area (Å²) in [5.74, 6) is 0.949. The largest absolute Gasteiger partial charge is 0.347 e. The molecule has 5 nitrogen and oxygen atoms in total. The number of nitrogens with zero attached hydrogens (tertiary/aromatic N) is 2. The molecule has 74 valence electrons. The van der Waals surface area contributed by atoms with Gasteiger partial charge in [-0.1, -0.05) is 0 Å². The molecule has 0 radical (unpaired) electrons. The maximum absolute atomic E-state index is 4.17. The van der Waals surface area contributed by atoms with Crippen molar-refractivity contribution in [3.8, 4) is 0 Å². The number of imidazole rings is 2. The monoisotopic (exact) mass is 191 g/mol. The van der Waals surface area contributed by atoms with Crippen LogP contribution in [0.5, 0.6) is 0 Å². The number of aromatic amines is 2. The summed E-state index contributed by atoms with van der Waals surface area (Å²) in [5, 5.41) is 3.32. The van der Waals surface area contributed by atoms with Crippen molar-refractivity contribution in [1.82, 2.24) is 25.3 Å². The van der Waals surface area contributed by atoms with E-state index in [-0.39, 0.29) is 6.04 Å². The summed E-state index contributed by atoms with van der Waals surface area (Å²) < 4.78 is 0. The van der Waals surface area contributed by atoms with Crippen LogP contribution in [0.2, 0.25) is 0 Å². The SMILES string of the molecule is CC(NCc1cnc[nH]1)c1ncc[nH]1. The van der Waals surface area contributed by atoms with Crippen LogP contribution in [0.3, 0.4) is 0 Å². The first-order valence-corrected chi connectivity index (χ1v) is 4.56. The summed E-state index contributed by atoms with van der Waals surface area (Å²) in [7, 11) is 0. The number of rotatable bonds is 4. The third-order valence-corrected chi connectivity index (χ3v) is 2.08. The van der Waals surface area contributed by atoms with E-state index >= 15 is 0 Å². The smallest absolute Gasteiger partial charge is 0.122 e. The predicted octanol–water partition coefficient (Wildman–Crippen LogP) is 0.984. The average molecular weight is 191 g/mol. The number of hydrogen-bond donors (Lipinski definition) is 3. The van der Waals surface area contributed by atoms with Gasteiger partial charge >= 0.3 is 0 Å². The van der Waals surface area contributed by atoms with E-state index in [0.29, 0.717) is 0 Å². The molecule has 1 unspecified atom stereocenters. The zero-order valence-electron chi connectivity index (χ0n) is 7.99. The Balaban J connectivity index is 1.87. The van der Waals surface area contributed by atoms with Gasteiger partial charge in [0.15, 0.2) is 0 Å². The second-order valence-corrected chi connectivity index (χ2v) is 3.15. The van der Waals surface area contributed by atoms with Crippen molar-refractivity contribution in [3.05, 3.63) is 36.4 Å². The second kappa shape index (κ2) is 4.06. The lowest BCUT2D eigenvalue weighted by molar-refractivity contribution is 0.546. The molecule has 0 saturated heterocycles. The Morgan fingerprint density at radius 1 is 1.50 bits per heavy atom. The average Bonchev–Trinajstić information content (AvgIpc) is 2.87. The molecule has 0 aliphatic heterocycles. The molecule has 0 fully saturated rings. The molecule has 5 heteroatoms. The fraction of sp³-hybridized carbons (Fsp3) is 0.333. The number of aromatic nitrogens is 4. The minimum absolute atomic E-state index is 0.216.